The van der Waals surface area contributed by atoms with Crippen LogP contribution >= 0.6 is 0 Å². The second-order valence-corrected chi connectivity index (χ2v) is 7.77. The third kappa shape index (κ3) is 8.79. The van der Waals surface area contributed by atoms with Gasteiger partial charge in [-0.05, 0) is 31.4 Å². The number of nitrogens with one attached hydrogen (secondary N) is 3. The predicted molar refractivity (Wildman–Crippen MR) is 117 cm³/mol. The number of aromatic nitrogens is 1. The fourth-order valence-electron chi connectivity index (χ4n) is 3.40. The molecule has 1 amide bonds. The van der Waals surface area contributed by atoms with E-state index in [0.29, 0.717) is 36.7 Å². The first-order valence-corrected chi connectivity index (χ1v) is 10.5. The number of guanidine groups is 1. The highest BCUT2D eigenvalue weighted by atomic mass is 16.5. The molecule has 1 aromatic rings. The van der Waals surface area contributed by atoms with Crippen molar-refractivity contribution in [2.45, 2.75) is 39.7 Å². The summed E-state index contributed by atoms with van der Waals surface area (Å²) >= 11 is 0. The molecule has 0 bridgehead atoms. The highest BCUT2D eigenvalue weighted by Gasteiger charge is 2.22. The van der Waals surface area contributed by atoms with Gasteiger partial charge in [-0.15, -0.1) is 0 Å². The monoisotopic (exact) mass is 404 g/mol. The highest BCUT2D eigenvalue weighted by molar-refractivity contribution is 5.90. The molecular formula is C21H36N6O2. The molecule has 0 radical (unpaired) electrons. The zero-order chi connectivity index (χ0) is 21.1. The quantitative estimate of drug-likeness (QED) is 0.428. The Hall–Kier alpha value is -2.19. The van der Waals surface area contributed by atoms with Gasteiger partial charge in [-0.1, -0.05) is 19.9 Å². The number of hydrogen-bond acceptors (Lipinski definition) is 5. The number of aliphatic imine (C=N–C) groups is 1. The average Bonchev–Trinajstić information content (AvgIpc) is 2.70. The van der Waals surface area contributed by atoms with Crippen molar-refractivity contribution < 1.29 is 9.53 Å². The number of rotatable bonds is 9. The lowest BCUT2D eigenvalue weighted by Crippen LogP contribution is -2.51. The Kier molecular flexibility index (Phi) is 9.87. The predicted octanol–water partition coefficient (Wildman–Crippen LogP) is 1.63. The molecule has 2 rings (SSSR count). The van der Waals surface area contributed by atoms with Gasteiger partial charge in [0.1, 0.15) is 5.82 Å². The smallest absolute Gasteiger partial charge is 0.227 e. The Morgan fingerprint density at radius 2 is 2.03 bits per heavy atom. The van der Waals surface area contributed by atoms with E-state index < -0.39 is 0 Å². The van der Waals surface area contributed by atoms with Gasteiger partial charge in [0.2, 0.25) is 5.91 Å². The fourth-order valence-corrected chi connectivity index (χ4v) is 3.40. The highest BCUT2D eigenvalue weighted by Crippen LogP contribution is 2.13. The molecule has 0 aromatic carbocycles. The van der Waals surface area contributed by atoms with Crippen LogP contribution in [-0.2, 0) is 9.53 Å². The summed E-state index contributed by atoms with van der Waals surface area (Å²) in [6.45, 7) is 11.3. The van der Waals surface area contributed by atoms with Crippen molar-refractivity contribution in [2.75, 3.05) is 51.8 Å². The lowest BCUT2D eigenvalue weighted by atomic mass is 10.0. The normalized spacial score (nSPS) is 16.5. The number of morpholine rings is 1. The van der Waals surface area contributed by atoms with Gasteiger partial charge in [0.15, 0.2) is 5.96 Å². The SMILES string of the molecule is CN=C(NCCC(=O)Nc1cccc(C)n1)NCC(CC(C)C)N1CCOCC1. The van der Waals surface area contributed by atoms with Crippen LogP contribution in [0.4, 0.5) is 5.82 Å². The van der Waals surface area contributed by atoms with Crippen molar-refractivity contribution in [3.8, 4) is 0 Å². The molecule has 29 heavy (non-hydrogen) atoms. The molecule has 0 spiro atoms. The summed E-state index contributed by atoms with van der Waals surface area (Å²) in [6, 6.07) is 6.01. The van der Waals surface area contributed by atoms with E-state index in [1.54, 1.807) is 13.1 Å². The second kappa shape index (κ2) is 12.4. The molecule has 2 heterocycles. The van der Waals surface area contributed by atoms with E-state index in [4.69, 9.17) is 4.74 Å². The molecule has 1 saturated heterocycles. The maximum absolute atomic E-state index is 12.1. The standard InChI is InChI=1S/C21H36N6O2/c1-16(2)14-18(27-10-12-29-13-11-27)15-24-21(22-4)23-9-8-20(28)26-19-7-5-6-17(3)25-19/h5-7,16,18H,8-15H2,1-4H3,(H2,22,23,24)(H,25,26,28). The summed E-state index contributed by atoms with van der Waals surface area (Å²) in [5.74, 6) is 1.85. The third-order valence-electron chi connectivity index (χ3n) is 4.83. The molecule has 1 aliphatic heterocycles. The molecule has 1 atom stereocenters. The first-order chi connectivity index (χ1) is 14.0. The van der Waals surface area contributed by atoms with Crippen molar-refractivity contribution in [1.29, 1.82) is 0 Å². The molecule has 8 heteroatoms. The van der Waals surface area contributed by atoms with Crippen LogP contribution in [-0.4, -0.2) is 74.2 Å². The number of carbonyl (C=O) groups excluding carboxylic acids is 1. The Labute approximate surface area is 174 Å². The maximum Gasteiger partial charge on any atom is 0.227 e. The van der Waals surface area contributed by atoms with Crippen LogP contribution in [0.1, 0.15) is 32.4 Å². The summed E-state index contributed by atoms with van der Waals surface area (Å²) < 4.78 is 5.49. The third-order valence-corrected chi connectivity index (χ3v) is 4.83. The van der Waals surface area contributed by atoms with E-state index in [1.807, 2.05) is 19.1 Å². The molecule has 0 saturated carbocycles. The minimum absolute atomic E-state index is 0.0722. The number of nitrogens with zero attached hydrogens (tertiary/aromatic N) is 3. The summed E-state index contributed by atoms with van der Waals surface area (Å²) in [4.78, 5) is 23.2. The maximum atomic E-state index is 12.1. The van der Waals surface area contributed by atoms with Gasteiger partial charge < -0.3 is 20.7 Å². The Balaban J connectivity index is 1.74. The molecule has 8 nitrogen and oxygen atoms in total. The van der Waals surface area contributed by atoms with Crippen LogP contribution in [0.5, 0.6) is 0 Å². The largest absolute Gasteiger partial charge is 0.379 e. The lowest BCUT2D eigenvalue weighted by molar-refractivity contribution is -0.116. The zero-order valence-corrected chi connectivity index (χ0v) is 18.2. The van der Waals surface area contributed by atoms with Crippen molar-refractivity contribution in [1.82, 2.24) is 20.5 Å². The average molecular weight is 405 g/mol. The van der Waals surface area contributed by atoms with Crippen LogP contribution < -0.4 is 16.0 Å². The van der Waals surface area contributed by atoms with E-state index in [9.17, 15) is 4.79 Å². The van der Waals surface area contributed by atoms with Gasteiger partial charge in [0.25, 0.3) is 0 Å². The van der Waals surface area contributed by atoms with Crippen LogP contribution in [0, 0.1) is 12.8 Å². The van der Waals surface area contributed by atoms with E-state index in [-0.39, 0.29) is 5.91 Å². The van der Waals surface area contributed by atoms with Crippen molar-refractivity contribution in [2.24, 2.45) is 10.9 Å². The van der Waals surface area contributed by atoms with Gasteiger partial charge in [-0.25, -0.2) is 4.98 Å². The number of ether oxygens (including phenoxy) is 1. The van der Waals surface area contributed by atoms with Crippen molar-refractivity contribution in [3.05, 3.63) is 23.9 Å². The Morgan fingerprint density at radius 3 is 2.69 bits per heavy atom. The molecule has 0 aliphatic carbocycles. The Bertz CT molecular complexity index is 658. The minimum Gasteiger partial charge on any atom is -0.379 e. The van der Waals surface area contributed by atoms with E-state index in [2.05, 4.69) is 44.7 Å². The molecule has 1 aliphatic rings. The number of pyridine rings is 1. The van der Waals surface area contributed by atoms with Crippen LogP contribution in [0.25, 0.3) is 0 Å². The van der Waals surface area contributed by atoms with Crippen LogP contribution in [0.2, 0.25) is 0 Å². The summed E-state index contributed by atoms with van der Waals surface area (Å²) in [7, 11) is 1.75. The Morgan fingerprint density at radius 1 is 1.28 bits per heavy atom. The molecule has 1 unspecified atom stereocenters. The van der Waals surface area contributed by atoms with Gasteiger partial charge in [0.05, 0.1) is 13.2 Å². The number of anilines is 1. The van der Waals surface area contributed by atoms with E-state index in [0.717, 1.165) is 45.0 Å². The van der Waals surface area contributed by atoms with Gasteiger partial charge in [-0.2, -0.15) is 0 Å². The summed E-state index contributed by atoms with van der Waals surface area (Å²) in [6.07, 6.45) is 1.46. The van der Waals surface area contributed by atoms with Crippen LogP contribution in [0.3, 0.4) is 0 Å². The molecule has 3 N–H and O–H groups in total. The number of hydrogen-bond donors (Lipinski definition) is 3. The minimum atomic E-state index is -0.0722. The lowest BCUT2D eigenvalue weighted by Gasteiger charge is -2.35. The number of amides is 1. The molecular weight excluding hydrogens is 368 g/mol. The molecule has 162 valence electrons. The first-order valence-electron chi connectivity index (χ1n) is 10.5. The number of aryl methyl sites for hydroxylation is 1. The van der Waals surface area contributed by atoms with Gasteiger partial charge in [-0.3, -0.25) is 14.7 Å². The number of carbonyl (C=O) groups is 1. The van der Waals surface area contributed by atoms with Gasteiger partial charge >= 0.3 is 0 Å². The molecule has 1 fully saturated rings. The van der Waals surface area contributed by atoms with E-state index in [1.165, 1.54) is 0 Å². The summed E-state index contributed by atoms with van der Waals surface area (Å²) in [5, 5.41) is 9.46. The molecule has 1 aromatic heterocycles. The van der Waals surface area contributed by atoms with E-state index >= 15 is 0 Å². The van der Waals surface area contributed by atoms with Crippen molar-refractivity contribution in [3.63, 3.8) is 0 Å². The van der Waals surface area contributed by atoms with Gasteiger partial charge in [0, 0.05) is 51.4 Å². The topological polar surface area (TPSA) is 90.9 Å². The van der Waals surface area contributed by atoms with Crippen molar-refractivity contribution >= 4 is 17.7 Å². The summed E-state index contributed by atoms with van der Waals surface area (Å²) in [5.41, 5.74) is 0.877. The van der Waals surface area contributed by atoms with Crippen LogP contribution in [0.15, 0.2) is 23.2 Å². The zero-order valence-electron chi connectivity index (χ0n) is 18.2. The fraction of sp³-hybridized carbons (Fsp3) is 0.667. The first kappa shape index (κ1) is 23.1. The second-order valence-electron chi connectivity index (χ2n) is 7.77.